The van der Waals surface area contributed by atoms with Crippen LogP contribution < -0.4 is 16.4 Å². The van der Waals surface area contributed by atoms with E-state index in [0.29, 0.717) is 18.1 Å². The van der Waals surface area contributed by atoms with Crippen molar-refractivity contribution >= 4 is 22.4 Å². The van der Waals surface area contributed by atoms with Crippen LogP contribution in [0.1, 0.15) is 19.3 Å². The van der Waals surface area contributed by atoms with E-state index in [0.717, 1.165) is 54.9 Å². The van der Waals surface area contributed by atoms with E-state index < -0.39 is 0 Å². The zero-order valence-electron chi connectivity index (χ0n) is 12.5. The normalized spacial score (nSPS) is 27.6. The molecule has 4 rings (SSSR count). The molecule has 0 radical (unpaired) electrons. The van der Waals surface area contributed by atoms with E-state index in [1.54, 1.807) is 0 Å². The number of nitrogens with two attached hydrogens (primary N) is 1. The maximum absolute atomic E-state index is 5.84. The van der Waals surface area contributed by atoms with Crippen LogP contribution in [0.25, 0.3) is 10.8 Å². The van der Waals surface area contributed by atoms with Crippen LogP contribution in [0.4, 0.5) is 11.6 Å². The zero-order valence-corrected chi connectivity index (χ0v) is 12.5. The van der Waals surface area contributed by atoms with Crippen molar-refractivity contribution in [3.8, 4) is 0 Å². The summed E-state index contributed by atoms with van der Waals surface area (Å²) in [5.74, 6) is 1.80. The van der Waals surface area contributed by atoms with Crippen LogP contribution in [0.3, 0.4) is 0 Å². The number of anilines is 2. The lowest BCUT2D eigenvalue weighted by molar-refractivity contribution is 0.195. The molecule has 0 amide bonds. The Morgan fingerprint density at radius 3 is 2.86 bits per heavy atom. The van der Waals surface area contributed by atoms with Crippen molar-refractivity contribution in [2.24, 2.45) is 5.73 Å². The molecule has 0 spiro atoms. The molecule has 116 valence electrons. The van der Waals surface area contributed by atoms with Crippen molar-refractivity contribution in [2.75, 3.05) is 23.8 Å². The van der Waals surface area contributed by atoms with Crippen LogP contribution in [0, 0.1) is 0 Å². The van der Waals surface area contributed by atoms with E-state index in [4.69, 9.17) is 10.5 Å². The Hall–Kier alpha value is -1.92. The molecular weight excluding hydrogens is 278 g/mol. The van der Waals surface area contributed by atoms with Gasteiger partial charge >= 0.3 is 0 Å². The van der Waals surface area contributed by atoms with Crippen LogP contribution in [0.5, 0.6) is 0 Å². The van der Waals surface area contributed by atoms with Gasteiger partial charge in [0.15, 0.2) is 0 Å². The Labute approximate surface area is 129 Å². The molecule has 1 saturated heterocycles. The predicted molar refractivity (Wildman–Crippen MR) is 87.0 cm³/mol. The second-order valence-electron chi connectivity index (χ2n) is 6.23. The first-order chi connectivity index (χ1) is 10.8. The second kappa shape index (κ2) is 5.70. The molecule has 0 aromatic carbocycles. The fraction of sp³-hybridized carbons (Fsp3) is 0.500. The summed E-state index contributed by atoms with van der Waals surface area (Å²) in [5, 5.41) is 9.12. The minimum Gasteiger partial charge on any atom is -0.379 e. The van der Waals surface area contributed by atoms with E-state index in [1.165, 1.54) is 0 Å². The minimum absolute atomic E-state index is 0.333. The molecule has 0 bridgehead atoms. The molecule has 2 fully saturated rings. The molecular formula is C16H21N5O. The summed E-state index contributed by atoms with van der Waals surface area (Å²) in [6, 6.07) is 5.18. The maximum atomic E-state index is 5.84. The van der Waals surface area contributed by atoms with Crippen LogP contribution >= 0.6 is 0 Å². The smallest absolute Gasteiger partial charge is 0.134 e. The highest BCUT2D eigenvalue weighted by atomic mass is 16.5. The molecule has 6 nitrogen and oxygen atoms in total. The zero-order chi connectivity index (χ0) is 14.9. The van der Waals surface area contributed by atoms with Gasteiger partial charge in [0, 0.05) is 41.9 Å². The van der Waals surface area contributed by atoms with Gasteiger partial charge in [-0.2, -0.15) is 0 Å². The summed E-state index contributed by atoms with van der Waals surface area (Å²) in [6.07, 6.45) is 6.76. The van der Waals surface area contributed by atoms with Crippen molar-refractivity contribution < 1.29 is 4.74 Å². The van der Waals surface area contributed by atoms with Gasteiger partial charge in [-0.3, -0.25) is 0 Å². The number of pyridine rings is 2. The molecule has 1 atom stereocenters. The van der Waals surface area contributed by atoms with Gasteiger partial charge in [0.25, 0.3) is 0 Å². The standard InChI is InChI=1S/C16H21N5O/c17-11-5-13(6-11)20-15-7-14-10(8-19-15)1-3-18-16(14)21-12-2-4-22-9-12/h1,3,7-8,11-13H,2,4-6,9,17H2,(H,18,21)(H,19,20)/t11?,12-,13?/m1/s1. The third-order valence-electron chi connectivity index (χ3n) is 4.44. The second-order valence-corrected chi connectivity index (χ2v) is 6.23. The van der Waals surface area contributed by atoms with Gasteiger partial charge in [-0.15, -0.1) is 0 Å². The van der Waals surface area contributed by atoms with Crippen molar-refractivity contribution in [3.63, 3.8) is 0 Å². The number of hydrogen-bond acceptors (Lipinski definition) is 6. The van der Waals surface area contributed by atoms with Gasteiger partial charge in [-0.1, -0.05) is 0 Å². The summed E-state index contributed by atoms with van der Waals surface area (Å²) in [7, 11) is 0. The van der Waals surface area contributed by atoms with Crippen molar-refractivity contribution in [2.45, 2.75) is 37.4 Å². The van der Waals surface area contributed by atoms with Crippen molar-refractivity contribution in [1.29, 1.82) is 0 Å². The first-order valence-electron chi connectivity index (χ1n) is 7.89. The third kappa shape index (κ3) is 2.71. The average Bonchev–Trinajstić information content (AvgIpc) is 2.99. The third-order valence-corrected chi connectivity index (χ3v) is 4.44. The van der Waals surface area contributed by atoms with E-state index in [-0.39, 0.29) is 0 Å². The number of nitrogens with zero attached hydrogens (tertiary/aromatic N) is 2. The van der Waals surface area contributed by atoms with Gasteiger partial charge in [0.05, 0.1) is 12.6 Å². The number of ether oxygens (including phenoxy) is 1. The minimum atomic E-state index is 0.333. The SMILES string of the molecule is NC1CC(Nc2cc3c(N[C@@H]4CCOC4)nccc3cn2)C1. The number of nitrogens with one attached hydrogen (secondary N) is 2. The van der Waals surface area contributed by atoms with Gasteiger partial charge in [0.2, 0.25) is 0 Å². The summed E-state index contributed by atoms with van der Waals surface area (Å²) < 4.78 is 5.42. The highest BCUT2D eigenvalue weighted by molar-refractivity contribution is 5.92. The van der Waals surface area contributed by atoms with Crippen LogP contribution in [-0.4, -0.2) is 41.3 Å². The molecule has 6 heteroatoms. The molecule has 0 unspecified atom stereocenters. The van der Waals surface area contributed by atoms with E-state index >= 15 is 0 Å². The van der Waals surface area contributed by atoms with Crippen LogP contribution in [0.2, 0.25) is 0 Å². The average molecular weight is 299 g/mol. The van der Waals surface area contributed by atoms with E-state index in [2.05, 4.69) is 26.7 Å². The predicted octanol–water partition coefficient (Wildman–Crippen LogP) is 1.73. The highest BCUT2D eigenvalue weighted by Crippen LogP contribution is 2.27. The Kier molecular flexibility index (Phi) is 3.56. The molecule has 2 aromatic rings. The Morgan fingerprint density at radius 2 is 2.09 bits per heavy atom. The summed E-state index contributed by atoms with van der Waals surface area (Å²) in [5.41, 5.74) is 5.84. The molecule has 2 aliphatic rings. The van der Waals surface area contributed by atoms with Crippen LogP contribution in [-0.2, 0) is 4.74 Å². The van der Waals surface area contributed by atoms with Crippen molar-refractivity contribution in [3.05, 3.63) is 24.5 Å². The molecule has 1 aliphatic carbocycles. The summed E-state index contributed by atoms with van der Waals surface area (Å²) >= 11 is 0. The van der Waals surface area contributed by atoms with E-state index in [9.17, 15) is 0 Å². The molecule has 1 saturated carbocycles. The molecule has 3 heterocycles. The fourth-order valence-electron chi connectivity index (χ4n) is 3.09. The number of hydrogen-bond donors (Lipinski definition) is 3. The Balaban J connectivity index is 1.58. The van der Waals surface area contributed by atoms with Gasteiger partial charge in [-0.05, 0) is 31.4 Å². The fourth-order valence-corrected chi connectivity index (χ4v) is 3.09. The lowest BCUT2D eigenvalue weighted by atomic mass is 9.88. The highest BCUT2D eigenvalue weighted by Gasteiger charge is 2.26. The maximum Gasteiger partial charge on any atom is 0.134 e. The molecule has 2 aromatic heterocycles. The van der Waals surface area contributed by atoms with Gasteiger partial charge in [-0.25, -0.2) is 9.97 Å². The largest absolute Gasteiger partial charge is 0.379 e. The Bertz CT molecular complexity index is 665. The molecule has 1 aliphatic heterocycles. The topological polar surface area (TPSA) is 85.1 Å². The lowest BCUT2D eigenvalue weighted by Gasteiger charge is -2.33. The molecule has 22 heavy (non-hydrogen) atoms. The van der Waals surface area contributed by atoms with Gasteiger partial charge < -0.3 is 21.1 Å². The van der Waals surface area contributed by atoms with E-state index in [1.807, 2.05) is 18.5 Å². The summed E-state index contributed by atoms with van der Waals surface area (Å²) in [4.78, 5) is 8.99. The number of fused-ring (bicyclic) bond motifs is 1. The number of aromatic nitrogens is 2. The number of rotatable bonds is 4. The van der Waals surface area contributed by atoms with Crippen molar-refractivity contribution in [1.82, 2.24) is 9.97 Å². The monoisotopic (exact) mass is 299 g/mol. The molecule has 4 N–H and O–H groups in total. The first-order valence-corrected chi connectivity index (χ1v) is 7.89. The quantitative estimate of drug-likeness (QED) is 0.797. The summed E-state index contributed by atoms with van der Waals surface area (Å²) in [6.45, 7) is 1.56. The van der Waals surface area contributed by atoms with Gasteiger partial charge in [0.1, 0.15) is 11.6 Å². The lowest BCUT2D eigenvalue weighted by Crippen LogP contribution is -2.44. The first kappa shape index (κ1) is 13.7. The Morgan fingerprint density at radius 1 is 1.18 bits per heavy atom. The van der Waals surface area contributed by atoms with Crippen LogP contribution in [0.15, 0.2) is 24.5 Å².